The van der Waals surface area contributed by atoms with Crippen molar-refractivity contribution in [3.63, 3.8) is 0 Å². The fourth-order valence-electron chi connectivity index (χ4n) is 1.85. The predicted octanol–water partition coefficient (Wildman–Crippen LogP) is 4.35. The third-order valence-electron chi connectivity index (χ3n) is 3.12. The van der Waals surface area contributed by atoms with Gasteiger partial charge in [-0.3, -0.25) is 4.79 Å². The Labute approximate surface area is 141 Å². The number of aromatic nitrogens is 2. The summed E-state index contributed by atoms with van der Waals surface area (Å²) < 4.78 is 37.7. The van der Waals surface area contributed by atoms with Gasteiger partial charge in [0.25, 0.3) is 0 Å². The number of amides is 1. The fraction of sp³-hybridized carbons (Fsp3) is 0.312. The molecule has 0 bridgehead atoms. The molecule has 2 rings (SSSR count). The molecule has 128 valence electrons. The first-order chi connectivity index (χ1) is 11.3. The lowest BCUT2D eigenvalue weighted by molar-refractivity contribution is -0.141. The molecule has 8 heteroatoms. The number of nitrogens with one attached hydrogen (secondary N) is 1. The van der Waals surface area contributed by atoms with E-state index in [2.05, 4.69) is 29.1 Å². The Kier molecular flexibility index (Phi) is 5.82. The van der Waals surface area contributed by atoms with Crippen molar-refractivity contribution in [2.75, 3.05) is 11.1 Å². The van der Waals surface area contributed by atoms with Crippen molar-refractivity contribution in [3.8, 4) is 0 Å². The maximum atomic E-state index is 12.6. The van der Waals surface area contributed by atoms with Crippen LogP contribution in [0.3, 0.4) is 0 Å². The highest BCUT2D eigenvalue weighted by atomic mass is 32.2. The summed E-state index contributed by atoms with van der Waals surface area (Å²) in [4.78, 5) is 19.0. The van der Waals surface area contributed by atoms with Gasteiger partial charge in [-0.25, -0.2) is 9.97 Å². The minimum atomic E-state index is -4.53. The first kappa shape index (κ1) is 18.3. The van der Waals surface area contributed by atoms with Gasteiger partial charge in [-0.1, -0.05) is 37.7 Å². The zero-order chi connectivity index (χ0) is 17.7. The van der Waals surface area contributed by atoms with Crippen LogP contribution in [0.1, 0.15) is 31.0 Å². The van der Waals surface area contributed by atoms with Crippen LogP contribution >= 0.6 is 11.8 Å². The lowest BCUT2D eigenvalue weighted by atomic mass is 10.0. The van der Waals surface area contributed by atoms with Crippen molar-refractivity contribution in [2.24, 2.45) is 0 Å². The predicted molar refractivity (Wildman–Crippen MR) is 86.9 cm³/mol. The third kappa shape index (κ3) is 5.23. The summed E-state index contributed by atoms with van der Waals surface area (Å²) in [6, 6.07) is 8.21. The van der Waals surface area contributed by atoms with Crippen molar-refractivity contribution in [1.82, 2.24) is 9.97 Å². The average Bonchev–Trinajstić information content (AvgIpc) is 2.53. The Bertz CT molecular complexity index is 702. The second-order valence-corrected chi connectivity index (χ2v) is 6.28. The topological polar surface area (TPSA) is 54.9 Å². The molecule has 1 aromatic carbocycles. The van der Waals surface area contributed by atoms with E-state index in [-0.39, 0.29) is 16.8 Å². The summed E-state index contributed by atoms with van der Waals surface area (Å²) in [5.74, 6) is -0.0190. The molecule has 0 aliphatic rings. The first-order valence-corrected chi connectivity index (χ1v) is 8.17. The van der Waals surface area contributed by atoms with Crippen molar-refractivity contribution in [3.05, 3.63) is 47.8 Å². The van der Waals surface area contributed by atoms with E-state index in [9.17, 15) is 18.0 Å². The summed E-state index contributed by atoms with van der Waals surface area (Å²) in [6.07, 6.45) is -3.50. The van der Waals surface area contributed by atoms with E-state index in [1.54, 1.807) is 12.1 Å². The van der Waals surface area contributed by atoms with E-state index in [1.165, 1.54) is 0 Å². The van der Waals surface area contributed by atoms with Crippen LogP contribution in [0, 0.1) is 0 Å². The van der Waals surface area contributed by atoms with E-state index >= 15 is 0 Å². The number of alkyl halides is 3. The number of hydrogen-bond donors (Lipinski definition) is 1. The lowest BCUT2D eigenvalue weighted by Crippen LogP contribution is -2.15. The molecule has 0 aliphatic carbocycles. The third-order valence-corrected chi connectivity index (χ3v) is 3.98. The zero-order valence-corrected chi connectivity index (χ0v) is 13.9. The minimum absolute atomic E-state index is 0.0761. The molecule has 0 unspecified atom stereocenters. The SMILES string of the molecule is CC(C)c1ccc(NC(=O)CSc2nccc(C(F)(F)F)n2)cc1. The van der Waals surface area contributed by atoms with Gasteiger partial charge in [0.1, 0.15) is 5.69 Å². The van der Waals surface area contributed by atoms with Gasteiger partial charge in [-0.15, -0.1) is 0 Å². The Morgan fingerprint density at radius 3 is 2.46 bits per heavy atom. The molecule has 24 heavy (non-hydrogen) atoms. The number of thioether (sulfide) groups is 1. The Hall–Kier alpha value is -2.09. The van der Waals surface area contributed by atoms with E-state index in [0.29, 0.717) is 11.6 Å². The molecule has 0 saturated carbocycles. The molecule has 0 fully saturated rings. The van der Waals surface area contributed by atoms with Crippen LogP contribution in [0.5, 0.6) is 0 Å². The Morgan fingerprint density at radius 2 is 1.88 bits per heavy atom. The van der Waals surface area contributed by atoms with Gasteiger partial charge < -0.3 is 5.32 Å². The molecule has 0 radical (unpaired) electrons. The van der Waals surface area contributed by atoms with Gasteiger partial charge in [0.05, 0.1) is 5.75 Å². The number of halogens is 3. The molecule has 1 heterocycles. The molecule has 1 aromatic heterocycles. The number of rotatable bonds is 5. The molecule has 4 nitrogen and oxygen atoms in total. The van der Waals surface area contributed by atoms with Crippen molar-refractivity contribution < 1.29 is 18.0 Å². The largest absolute Gasteiger partial charge is 0.433 e. The molecule has 0 aliphatic heterocycles. The fourth-order valence-corrected chi connectivity index (χ4v) is 2.48. The van der Waals surface area contributed by atoms with E-state index in [4.69, 9.17) is 0 Å². The van der Waals surface area contributed by atoms with Crippen molar-refractivity contribution >= 4 is 23.4 Å². The number of benzene rings is 1. The molecule has 1 amide bonds. The monoisotopic (exact) mass is 355 g/mol. The van der Waals surface area contributed by atoms with Gasteiger partial charge >= 0.3 is 6.18 Å². The highest BCUT2D eigenvalue weighted by Gasteiger charge is 2.32. The van der Waals surface area contributed by atoms with E-state index < -0.39 is 11.9 Å². The maximum absolute atomic E-state index is 12.6. The van der Waals surface area contributed by atoms with Gasteiger partial charge in [0.2, 0.25) is 5.91 Å². The summed E-state index contributed by atoms with van der Waals surface area (Å²) in [6.45, 7) is 4.14. The average molecular weight is 355 g/mol. The van der Waals surface area contributed by atoms with Crippen LogP contribution in [-0.4, -0.2) is 21.6 Å². The summed E-state index contributed by atoms with van der Waals surface area (Å²) in [7, 11) is 0. The van der Waals surface area contributed by atoms with Crippen LogP contribution in [0.4, 0.5) is 18.9 Å². The molecular formula is C16H16F3N3OS. The smallest absolute Gasteiger partial charge is 0.325 e. The molecule has 2 aromatic rings. The molecule has 0 saturated heterocycles. The van der Waals surface area contributed by atoms with Crippen LogP contribution in [0.2, 0.25) is 0 Å². The van der Waals surface area contributed by atoms with Crippen LogP contribution in [0.25, 0.3) is 0 Å². The zero-order valence-electron chi connectivity index (χ0n) is 13.1. The summed E-state index contributed by atoms with van der Waals surface area (Å²) in [5, 5.41) is 2.60. The number of nitrogens with zero attached hydrogens (tertiary/aromatic N) is 2. The molecule has 0 atom stereocenters. The molecular weight excluding hydrogens is 339 g/mol. The molecule has 0 spiro atoms. The van der Waals surface area contributed by atoms with Crippen molar-refractivity contribution in [1.29, 1.82) is 0 Å². The number of carbonyl (C=O) groups is 1. The Morgan fingerprint density at radius 1 is 1.21 bits per heavy atom. The van der Waals surface area contributed by atoms with Gasteiger partial charge in [0, 0.05) is 11.9 Å². The van der Waals surface area contributed by atoms with Crippen LogP contribution < -0.4 is 5.32 Å². The van der Waals surface area contributed by atoms with Gasteiger partial charge in [-0.2, -0.15) is 13.2 Å². The molecule has 1 N–H and O–H groups in total. The maximum Gasteiger partial charge on any atom is 0.433 e. The standard InChI is InChI=1S/C16H16F3N3OS/c1-10(2)11-3-5-12(6-4-11)21-14(23)9-24-15-20-8-7-13(22-15)16(17,18)19/h3-8,10H,9H2,1-2H3,(H,21,23). The highest BCUT2D eigenvalue weighted by molar-refractivity contribution is 7.99. The normalized spacial score (nSPS) is 11.6. The van der Waals surface area contributed by atoms with Crippen molar-refractivity contribution in [2.45, 2.75) is 31.1 Å². The minimum Gasteiger partial charge on any atom is -0.325 e. The lowest BCUT2D eigenvalue weighted by Gasteiger charge is -2.09. The number of hydrogen-bond acceptors (Lipinski definition) is 4. The van der Waals surface area contributed by atoms with Gasteiger partial charge in [-0.05, 0) is 29.7 Å². The second kappa shape index (κ2) is 7.65. The quantitative estimate of drug-likeness (QED) is 0.640. The highest BCUT2D eigenvalue weighted by Crippen LogP contribution is 2.28. The van der Waals surface area contributed by atoms with Crippen LogP contribution in [-0.2, 0) is 11.0 Å². The first-order valence-electron chi connectivity index (χ1n) is 7.18. The van der Waals surface area contributed by atoms with E-state index in [0.717, 1.165) is 29.6 Å². The number of carbonyl (C=O) groups excluding carboxylic acids is 1. The second-order valence-electron chi connectivity index (χ2n) is 5.34. The summed E-state index contributed by atoms with van der Waals surface area (Å²) in [5.41, 5.74) is 0.763. The van der Waals surface area contributed by atoms with Crippen LogP contribution in [0.15, 0.2) is 41.7 Å². The Balaban J connectivity index is 1.91. The number of anilines is 1. The summed E-state index contributed by atoms with van der Waals surface area (Å²) >= 11 is 0.852. The van der Waals surface area contributed by atoms with Gasteiger partial charge in [0.15, 0.2) is 5.16 Å². The van der Waals surface area contributed by atoms with E-state index in [1.807, 2.05) is 12.1 Å².